The predicted molar refractivity (Wildman–Crippen MR) is 125 cm³/mol. The number of carboxylic acids is 1. The van der Waals surface area contributed by atoms with Gasteiger partial charge in [-0.15, -0.1) is 0 Å². The van der Waals surface area contributed by atoms with Crippen molar-refractivity contribution in [2.24, 2.45) is 0 Å². The maximum absolute atomic E-state index is 13.3. The highest BCUT2D eigenvalue weighted by molar-refractivity contribution is 7.89. The number of aryl methyl sites for hydroxylation is 1. The maximum Gasteiger partial charge on any atom is 0.309 e. The molecule has 1 aliphatic heterocycles. The van der Waals surface area contributed by atoms with Gasteiger partial charge in [0.1, 0.15) is 5.75 Å². The number of rotatable bonds is 7. The van der Waals surface area contributed by atoms with Crippen LogP contribution in [0.2, 0.25) is 0 Å². The first-order chi connectivity index (χ1) is 15.5. The summed E-state index contributed by atoms with van der Waals surface area (Å²) in [5.74, 6) is -0.327. The molecule has 4 rings (SSSR count). The fraction of sp³-hybridized carbons (Fsp3) is 0.417. The molecule has 0 spiro atoms. The number of aliphatic carboxylic acids is 1. The number of ether oxygens (including phenoxy) is 1. The molecule has 0 saturated carbocycles. The van der Waals surface area contributed by atoms with E-state index in [0.717, 1.165) is 16.5 Å². The highest BCUT2D eigenvalue weighted by atomic mass is 32.2. The van der Waals surface area contributed by atoms with Gasteiger partial charge in [0.25, 0.3) is 0 Å². The fourth-order valence-electron chi connectivity index (χ4n) is 4.37. The van der Waals surface area contributed by atoms with E-state index in [1.54, 1.807) is 24.3 Å². The van der Waals surface area contributed by atoms with Crippen molar-refractivity contribution in [2.45, 2.75) is 57.1 Å². The van der Waals surface area contributed by atoms with Crippen LogP contribution < -0.4 is 4.74 Å². The van der Waals surface area contributed by atoms with Crippen molar-refractivity contribution in [3.05, 3.63) is 53.7 Å². The molecule has 3 aromatic rings. The number of benzene rings is 2. The molecule has 1 aromatic heterocycles. The van der Waals surface area contributed by atoms with Gasteiger partial charge in [0.05, 0.1) is 34.2 Å². The van der Waals surface area contributed by atoms with Crippen LogP contribution in [-0.2, 0) is 26.8 Å². The number of hydrogen-bond donors (Lipinski definition) is 1. The molecule has 1 aliphatic rings. The van der Waals surface area contributed by atoms with Gasteiger partial charge in [0.15, 0.2) is 0 Å². The van der Waals surface area contributed by atoms with Gasteiger partial charge in [0.2, 0.25) is 10.0 Å². The molecule has 33 heavy (non-hydrogen) atoms. The summed E-state index contributed by atoms with van der Waals surface area (Å²) in [6, 6.07) is 12.3. The highest BCUT2D eigenvalue weighted by Gasteiger charge is 2.42. The first-order valence-electron chi connectivity index (χ1n) is 11.0. The Morgan fingerprint density at radius 3 is 2.55 bits per heavy atom. The number of carbonyl (C=O) groups is 1. The van der Waals surface area contributed by atoms with Crippen molar-refractivity contribution in [3.63, 3.8) is 0 Å². The smallest absolute Gasteiger partial charge is 0.309 e. The zero-order valence-electron chi connectivity index (χ0n) is 19.3. The molecule has 0 radical (unpaired) electrons. The normalized spacial score (nSPS) is 19.4. The summed E-state index contributed by atoms with van der Waals surface area (Å²) < 4.78 is 35.6. The van der Waals surface area contributed by atoms with Crippen molar-refractivity contribution < 1.29 is 23.1 Å². The van der Waals surface area contributed by atoms with Crippen LogP contribution in [-0.4, -0.2) is 52.8 Å². The zero-order chi connectivity index (χ0) is 24.0. The molecule has 2 aromatic carbocycles. The van der Waals surface area contributed by atoms with Gasteiger partial charge in [-0.05, 0) is 70.0 Å². The highest BCUT2D eigenvalue weighted by Crippen LogP contribution is 2.36. The van der Waals surface area contributed by atoms with E-state index in [0.29, 0.717) is 24.4 Å². The summed E-state index contributed by atoms with van der Waals surface area (Å²) >= 11 is 0. The molecular formula is C24H29N3O5S. The van der Waals surface area contributed by atoms with Crippen LogP contribution in [0.5, 0.6) is 5.75 Å². The lowest BCUT2D eigenvalue weighted by Crippen LogP contribution is -2.37. The van der Waals surface area contributed by atoms with Crippen LogP contribution in [0.4, 0.5) is 0 Å². The summed E-state index contributed by atoms with van der Waals surface area (Å²) in [5.41, 5.74) is 1.74. The second-order valence-corrected chi connectivity index (χ2v) is 11.1. The Kier molecular flexibility index (Phi) is 5.96. The second kappa shape index (κ2) is 8.46. The Morgan fingerprint density at radius 2 is 1.91 bits per heavy atom. The molecule has 9 heteroatoms. The number of aromatic nitrogens is 2. The fourth-order valence-corrected chi connectivity index (χ4v) is 5.93. The Labute approximate surface area is 193 Å². The summed E-state index contributed by atoms with van der Waals surface area (Å²) in [7, 11) is -3.69. The SMILES string of the molecule is Cc1ccc2c(CC(=O)O)nn([C@]3(C)CCN(S(=O)(=O)c4ccc(OC(C)C)cc4)C3)c2c1. The van der Waals surface area contributed by atoms with Gasteiger partial charge in [-0.25, -0.2) is 8.42 Å². The van der Waals surface area contributed by atoms with Gasteiger partial charge >= 0.3 is 5.97 Å². The third-order valence-corrected chi connectivity index (χ3v) is 7.85. The minimum absolute atomic E-state index is 0.00490. The molecule has 0 unspecified atom stereocenters. The zero-order valence-corrected chi connectivity index (χ0v) is 20.1. The monoisotopic (exact) mass is 471 g/mol. The summed E-state index contributed by atoms with van der Waals surface area (Å²) in [4.78, 5) is 11.6. The topological polar surface area (TPSA) is 102 Å². The van der Waals surface area contributed by atoms with E-state index < -0.39 is 21.5 Å². The summed E-state index contributed by atoms with van der Waals surface area (Å²) in [6.45, 7) is 8.37. The molecule has 0 bridgehead atoms. The molecule has 0 aliphatic carbocycles. The van der Waals surface area contributed by atoms with Gasteiger partial charge < -0.3 is 9.84 Å². The summed E-state index contributed by atoms with van der Waals surface area (Å²) in [6.07, 6.45) is 0.387. The molecule has 1 fully saturated rings. The van der Waals surface area contributed by atoms with E-state index in [4.69, 9.17) is 4.74 Å². The van der Waals surface area contributed by atoms with E-state index in [-0.39, 0.29) is 24.0 Å². The lowest BCUT2D eigenvalue weighted by atomic mass is 10.0. The Bertz CT molecular complexity index is 1300. The quantitative estimate of drug-likeness (QED) is 0.565. The van der Waals surface area contributed by atoms with E-state index in [2.05, 4.69) is 5.10 Å². The molecular weight excluding hydrogens is 442 g/mol. The Morgan fingerprint density at radius 1 is 1.21 bits per heavy atom. The average Bonchev–Trinajstić information content (AvgIpc) is 3.30. The van der Waals surface area contributed by atoms with Crippen molar-refractivity contribution in [1.82, 2.24) is 14.1 Å². The van der Waals surface area contributed by atoms with E-state index in [1.165, 1.54) is 4.31 Å². The van der Waals surface area contributed by atoms with Crippen LogP contribution in [0.1, 0.15) is 38.4 Å². The van der Waals surface area contributed by atoms with Crippen LogP contribution >= 0.6 is 0 Å². The molecule has 176 valence electrons. The van der Waals surface area contributed by atoms with Gasteiger partial charge in [-0.1, -0.05) is 12.1 Å². The predicted octanol–water partition coefficient (Wildman–Crippen LogP) is 3.57. The molecule has 1 N–H and O–H groups in total. The van der Waals surface area contributed by atoms with E-state index in [1.807, 2.05) is 50.6 Å². The molecule has 2 heterocycles. The van der Waals surface area contributed by atoms with Crippen LogP contribution in [0, 0.1) is 6.92 Å². The Hall–Kier alpha value is -2.91. The van der Waals surface area contributed by atoms with Gasteiger partial charge in [-0.3, -0.25) is 9.48 Å². The van der Waals surface area contributed by atoms with Crippen LogP contribution in [0.15, 0.2) is 47.4 Å². The van der Waals surface area contributed by atoms with Crippen molar-refractivity contribution >= 4 is 26.9 Å². The molecule has 8 nitrogen and oxygen atoms in total. The lowest BCUT2D eigenvalue weighted by molar-refractivity contribution is -0.136. The standard InChI is InChI=1S/C24H29N3O5S/c1-16(2)32-18-6-8-19(9-7-18)33(30,31)26-12-11-24(4,15-26)27-22-13-17(3)5-10-20(22)21(25-27)14-23(28)29/h5-10,13,16H,11-12,14-15H2,1-4H3,(H,28,29)/t24-/m1/s1. The van der Waals surface area contributed by atoms with Gasteiger partial charge in [-0.2, -0.15) is 9.40 Å². The number of sulfonamides is 1. The molecule has 1 atom stereocenters. The maximum atomic E-state index is 13.3. The van der Waals surface area contributed by atoms with Crippen molar-refractivity contribution in [3.8, 4) is 5.75 Å². The number of fused-ring (bicyclic) bond motifs is 1. The van der Waals surface area contributed by atoms with Crippen molar-refractivity contribution in [2.75, 3.05) is 13.1 Å². The van der Waals surface area contributed by atoms with Gasteiger partial charge in [0, 0.05) is 18.5 Å². The van der Waals surface area contributed by atoms with Crippen LogP contribution in [0.25, 0.3) is 10.9 Å². The lowest BCUT2D eigenvalue weighted by Gasteiger charge is -2.26. The first-order valence-corrected chi connectivity index (χ1v) is 12.4. The third kappa shape index (κ3) is 4.47. The summed E-state index contributed by atoms with van der Waals surface area (Å²) in [5, 5.41) is 14.8. The van der Waals surface area contributed by atoms with E-state index in [9.17, 15) is 18.3 Å². The number of carboxylic acid groups (broad SMARTS) is 1. The first kappa shape index (κ1) is 23.3. The average molecular weight is 472 g/mol. The van der Waals surface area contributed by atoms with E-state index >= 15 is 0 Å². The molecule has 0 amide bonds. The van der Waals surface area contributed by atoms with Crippen LogP contribution in [0.3, 0.4) is 0 Å². The third-order valence-electron chi connectivity index (χ3n) is 5.99. The van der Waals surface area contributed by atoms with Crippen molar-refractivity contribution in [1.29, 1.82) is 0 Å². The number of hydrogen-bond acceptors (Lipinski definition) is 5. The largest absolute Gasteiger partial charge is 0.491 e. The second-order valence-electron chi connectivity index (χ2n) is 9.17. The Balaban J connectivity index is 1.65. The minimum atomic E-state index is -3.69. The number of nitrogens with zero attached hydrogens (tertiary/aromatic N) is 3. The minimum Gasteiger partial charge on any atom is -0.491 e. The molecule has 1 saturated heterocycles.